The highest BCUT2D eigenvalue weighted by Gasteiger charge is 2.22. The van der Waals surface area contributed by atoms with Crippen LogP contribution in [0.5, 0.6) is 0 Å². The third-order valence-corrected chi connectivity index (χ3v) is 6.35. The van der Waals surface area contributed by atoms with Crippen LogP contribution < -0.4 is 10.2 Å². The molecule has 1 fully saturated rings. The second-order valence-electron chi connectivity index (χ2n) is 8.76. The van der Waals surface area contributed by atoms with Gasteiger partial charge in [-0.1, -0.05) is 55.0 Å². The van der Waals surface area contributed by atoms with Gasteiger partial charge in [-0.25, -0.2) is 4.98 Å². The molecule has 2 amide bonds. The number of nitrogens with one attached hydrogen (secondary N) is 1. The molecule has 0 spiro atoms. The zero-order valence-corrected chi connectivity index (χ0v) is 19.9. The third-order valence-electron chi connectivity index (χ3n) is 6.35. The Kier molecular flexibility index (Phi) is 7.58. The summed E-state index contributed by atoms with van der Waals surface area (Å²) in [4.78, 5) is 34.4. The van der Waals surface area contributed by atoms with Crippen molar-refractivity contribution >= 4 is 23.3 Å². The Morgan fingerprint density at radius 3 is 2.38 bits per heavy atom. The van der Waals surface area contributed by atoms with E-state index in [1.165, 1.54) is 0 Å². The van der Waals surface area contributed by atoms with Crippen LogP contribution in [0.2, 0.25) is 0 Å². The predicted molar refractivity (Wildman–Crippen MR) is 136 cm³/mol. The van der Waals surface area contributed by atoms with Crippen LogP contribution in [0.15, 0.2) is 72.9 Å². The van der Waals surface area contributed by atoms with Crippen LogP contribution in [0.25, 0.3) is 0 Å². The maximum absolute atomic E-state index is 12.9. The number of hydrogen-bond acceptors (Lipinski definition) is 4. The Bertz CT molecular complexity index is 1100. The molecular formula is C28H32N4O2. The van der Waals surface area contributed by atoms with Gasteiger partial charge in [-0.05, 0) is 49.6 Å². The molecule has 0 aliphatic carbocycles. The topological polar surface area (TPSA) is 65.5 Å². The molecule has 6 nitrogen and oxygen atoms in total. The fraction of sp³-hybridized carbons (Fsp3) is 0.321. The lowest BCUT2D eigenvalue weighted by Gasteiger charge is -2.23. The van der Waals surface area contributed by atoms with Crippen molar-refractivity contribution in [1.29, 1.82) is 0 Å². The first kappa shape index (κ1) is 23.5. The quantitative estimate of drug-likeness (QED) is 0.574. The maximum Gasteiger partial charge on any atom is 0.253 e. The van der Waals surface area contributed by atoms with Gasteiger partial charge in [0.25, 0.3) is 5.91 Å². The first-order valence-electron chi connectivity index (χ1n) is 12.0. The van der Waals surface area contributed by atoms with Gasteiger partial charge in [-0.15, -0.1) is 0 Å². The summed E-state index contributed by atoms with van der Waals surface area (Å²) in [5.74, 6) is 0.723. The molecule has 1 aliphatic rings. The summed E-state index contributed by atoms with van der Waals surface area (Å²) in [6, 6.07) is 21.4. The minimum absolute atomic E-state index is 0.0247. The molecule has 1 atom stereocenters. The number of carbonyl (C=O) groups excluding carboxylic acids is 2. The number of anilines is 2. The Morgan fingerprint density at radius 1 is 0.941 bits per heavy atom. The van der Waals surface area contributed by atoms with E-state index in [0.29, 0.717) is 12.2 Å². The molecule has 3 aromatic rings. The molecule has 1 aliphatic heterocycles. The van der Waals surface area contributed by atoms with Crippen molar-refractivity contribution in [2.24, 2.45) is 0 Å². The Labute approximate surface area is 201 Å². The van der Waals surface area contributed by atoms with Crippen LogP contribution in [-0.2, 0) is 4.79 Å². The largest absolute Gasteiger partial charge is 0.355 e. The van der Waals surface area contributed by atoms with E-state index in [9.17, 15) is 9.59 Å². The molecule has 0 unspecified atom stereocenters. The fourth-order valence-electron chi connectivity index (χ4n) is 4.36. The van der Waals surface area contributed by atoms with Crippen LogP contribution in [0, 0.1) is 6.92 Å². The van der Waals surface area contributed by atoms with E-state index in [0.717, 1.165) is 55.0 Å². The molecule has 2 heterocycles. The number of hydrogen-bond donors (Lipinski definition) is 1. The molecule has 0 bridgehead atoms. The summed E-state index contributed by atoms with van der Waals surface area (Å²) in [7, 11) is 0. The minimum atomic E-state index is -0.191. The van der Waals surface area contributed by atoms with Gasteiger partial charge >= 0.3 is 0 Å². The van der Waals surface area contributed by atoms with Crippen LogP contribution in [0.4, 0.5) is 11.5 Å². The van der Waals surface area contributed by atoms with E-state index in [2.05, 4.69) is 15.2 Å². The van der Waals surface area contributed by atoms with Crippen LogP contribution in [0.3, 0.4) is 0 Å². The number of carbonyl (C=O) groups is 2. The van der Waals surface area contributed by atoms with Crippen molar-refractivity contribution < 1.29 is 9.59 Å². The van der Waals surface area contributed by atoms with Crippen molar-refractivity contribution in [3.63, 3.8) is 0 Å². The van der Waals surface area contributed by atoms with E-state index in [1.807, 2.05) is 85.5 Å². The van der Waals surface area contributed by atoms with Gasteiger partial charge in [0, 0.05) is 31.7 Å². The van der Waals surface area contributed by atoms with Gasteiger partial charge < -0.3 is 15.1 Å². The summed E-state index contributed by atoms with van der Waals surface area (Å²) in [5.41, 5.74) is 3.59. The Morgan fingerprint density at radius 2 is 1.71 bits per heavy atom. The Hall–Kier alpha value is -3.67. The number of nitrogens with zero attached hydrogens (tertiary/aromatic N) is 3. The molecule has 4 rings (SSSR count). The summed E-state index contributed by atoms with van der Waals surface area (Å²) in [6.45, 7) is 6.99. The number of rotatable bonds is 6. The van der Waals surface area contributed by atoms with Crippen molar-refractivity contribution in [3.05, 3.63) is 89.6 Å². The van der Waals surface area contributed by atoms with Crippen LogP contribution in [0.1, 0.15) is 47.2 Å². The number of amides is 2. The molecule has 0 radical (unpaired) electrons. The summed E-state index contributed by atoms with van der Waals surface area (Å²) in [5, 5.41) is 3.01. The highest BCUT2D eigenvalue weighted by atomic mass is 16.2. The predicted octanol–water partition coefficient (Wildman–Crippen LogP) is 4.87. The SMILES string of the molecule is CC[C@H](C(=O)Nc1ccc(N2CCCN(C(=O)c3ccc(C)cc3)CC2)nc1)c1ccccc1. The van der Waals surface area contributed by atoms with E-state index in [-0.39, 0.29) is 17.7 Å². The van der Waals surface area contributed by atoms with E-state index >= 15 is 0 Å². The molecule has 0 saturated carbocycles. The molecule has 34 heavy (non-hydrogen) atoms. The highest BCUT2D eigenvalue weighted by Crippen LogP contribution is 2.23. The van der Waals surface area contributed by atoms with E-state index in [1.54, 1.807) is 6.20 Å². The third kappa shape index (κ3) is 5.63. The summed E-state index contributed by atoms with van der Waals surface area (Å²) >= 11 is 0. The standard InChI is InChI=1S/C28H32N4O2/c1-3-25(22-8-5-4-6-9-22)27(33)30-24-14-15-26(29-20-24)31-16-7-17-32(19-18-31)28(34)23-12-10-21(2)11-13-23/h4-6,8-15,20,25H,3,7,16-19H2,1-2H3,(H,30,33)/t25-/m0/s1. The van der Waals surface area contributed by atoms with Crippen molar-refractivity contribution in [3.8, 4) is 0 Å². The number of aromatic nitrogens is 1. The lowest BCUT2D eigenvalue weighted by Crippen LogP contribution is -2.35. The average Bonchev–Trinajstić information content (AvgIpc) is 3.12. The molecular weight excluding hydrogens is 424 g/mol. The lowest BCUT2D eigenvalue weighted by molar-refractivity contribution is -0.117. The lowest BCUT2D eigenvalue weighted by atomic mass is 9.95. The second-order valence-corrected chi connectivity index (χ2v) is 8.76. The fourth-order valence-corrected chi connectivity index (χ4v) is 4.36. The van der Waals surface area contributed by atoms with Gasteiger partial charge in [0.2, 0.25) is 5.91 Å². The molecule has 6 heteroatoms. The van der Waals surface area contributed by atoms with Gasteiger partial charge in [0.05, 0.1) is 17.8 Å². The zero-order valence-electron chi connectivity index (χ0n) is 19.9. The molecule has 1 N–H and O–H groups in total. The number of aryl methyl sites for hydroxylation is 1. The van der Waals surface area contributed by atoms with Crippen molar-refractivity contribution in [2.75, 3.05) is 36.4 Å². The van der Waals surface area contributed by atoms with E-state index < -0.39 is 0 Å². The van der Waals surface area contributed by atoms with Crippen molar-refractivity contribution in [2.45, 2.75) is 32.6 Å². The normalized spacial score (nSPS) is 14.9. The monoisotopic (exact) mass is 456 g/mol. The number of pyridine rings is 1. The van der Waals surface area contributed by atoms with Gasteiger partial charge in [0.1, 0.15) is 5.82 Å². The smallest absolute Gasteiger partial charge is 0.253 e. The summed E-state index contributed by atoms with van der Waals surface area (Å²) < 4.78 is 0. The zero-order chi connectivity index (χ0) is 23.9. The van der Waals surface area contributed by atoms with Crippen LogP contribution >= 0.6 is 0 Å². The van der Waals surface area contributed by atoms with Crippen molar-refractivity contribution in [1.82, 2.24) is 9.88 Å². The maximum atomic E-state index is 12.9. The van der Waals surface area contributed by atoms with Crippen LogP contribution in [-0.4, -0.2) is 47.9 Å². The van der Waals surface area contributed by atoms with Gasteiger partial charge in [-0.2, -0.15) is 0 Å². The molecule has 1 aromatic heterocycles. The first-order chi connectivity index (χ1) is 16.5. The highest BCUT2D eigenvalue weighted by molar-refractivity contribution is 5.96. The molecule has 2 aromatic carbocycles. The molecule has 176 valence electrons. The molecule has 1 saturated heterocycles. The number of benzene rings is 2. The average molecular weight is 457 g/mol. The van der Waals surface area contributed by atoms with E-state index in [4.69, 9.17) is 0 Å². The first-order valence-corrected chi connectivity index (χ1v) is 12.0. The second kappa shape index (κ2) is 11.0. The van der Waals surface area contributed by atoms with Gasteiger partial charge in [-0.3, -0.25) is 9.59 Å². The minimum Gasteiger partial charge on any atom is -0.355 e. The summed E-state index contributed by atoms with van der Waals surface area (Å²) in [6.07, 6.45) is 3.32. The Balaban J connectivity index is 1.36. The van der Waals surface area contributed by atoms with Gasteiger partial charge in [0.15, 0.2) is 0 Å².